The third-order valence-electron chi connectivity index (χ3n) is 4.86. The van der Waals surface area contributed by atoms with Gasteiger partial charge in [0.1, 0.15) is 11.6 Å². The summed E-state index contributed by atoms with van der Waals surface area (Å²) in [6.45, 7) is 2.19. The number of likely N-dealkylation sites (N-methyl/N-ethyl adjacent to an activating group) is 1. The second-order valence-corrected chi connectivity index (χ2v) is 5.67. The summed E-state index contributed by atoms with van der Waals surface area (Å²) in [5.74, 6) is -0.853. The van der Waals surface area contributed by atoms with Gasteiger partial charge in [0.15, 0.2) is 0 Å². The van der Waals surface area contributed by atoms with Gasteiger partial charge in [-0.15, -0.1) is 0 Å². The highest BCUT2D eigenvalue weighted by Gasteiger charge is 2.39. The molecule has 1 aromatic carbocycles. The zero-order chi connectivity index (χ0) is 13.9. The molecule has 1 unspecified atom stereocenters. The summed E-state index contributed by atoms with van der Waals surface area (Å²) in [5, 5.41) is 3.31. The SMILES string of the molecule is CCC1(C(Cc2c(F)cccc2F)NC)CCCC1. The van der Waals surface area contributed by atoms with E-state index in [4.69, 9.17) is 0 Å². The highest BCUT2D eigenvalue weighted by molar-refractivity contribution is 5.21. The molecule has 0 bridgehead atoms. The number of benzene rings is 1. The van der Waals surface area contributed by atoms with E-state index in [-0.39, 0.29) is 17.0 Å². The summed E-state index contributed by atoms with van der Waals surface area (Å²) < 4.78 is 27.6. The third-order valence-corrected chi connectivity index (χ3v) is 4.86. The fourth-order valence-electron chi connectivity index (χ4n) is 3.58. The molecule has 19 heavy (non-hydrogen) atoms. The molecule has 0 aliphatic heterocycles. The zero-order valence-electron chi connectivity index (χ0n) is 11.8. The molecule has 1 fully saturated rings. The number of hydrogen-bond acceptors (Lipinski definition) is 1. The van der Waals surface area contributed by atoms with Gasteiger partial charge < -0.3 is 5.32 Å². The van der Waals surface area contributed by atoms with Crippen LogP contribution in [0.1, 0.15) is 44.6 Å². The van der Waals surface area contributed by atoms with Crippen molar-refractivity contribution in [2.45, 2.75) is 51.5 Å². The summed E-state index contributed by atoms with van der Waals surface area (Å²) in [7, 11) is 1.90. The quantitative estimate of drug-likeness (QED) is 0.848. The normalized spacial score (nSPS) is 19.6. The molecule has 1 N–H and O–H groups in total. The van der Waals surface area contributed by atoms with Gasteiger partial charge in [-0.25, -0.2) is 8.78 Å². The van der Waals surface area contributed by atoms with Crippen LogP contribution in [0.25, 0.3) is 0 Å². The van der Waals surface area contributed by atoms with Crippen LogP contribution in [-0.4, -0.2) is 13.1 Å². The highest BCUT2D eigenvalue weighted by atomic mass is 19.1. The first-order valence-corrected chi connectivity index (χ1v) is 7.23. The Balaban J connectivity index is 2.24. The van der Waals surface area contributed by atoms with E-state index in [1.165, 1.54) is 31.0 Å². The van der Waals surface area contributed by atoms with Gasteiger partial charge in [0, 0.05) is 11.6 Å². The minimum absolute atomic E-state index is 0.145. The molecule has 0 heterocycles. The van der Waals surface area contributed by atoms with Crippen molar-refractivity contribution in [3.63, 3.8) is 0 Å². The minimum Gasteiger partial charge on any atom is -0.316 e. The molecule has 1 aromatic rings. The van der Waals surface area contributed by atoms with E-state index in [0.717, 1.165) is 19.3 Å². The molecular formula is C16H23F2N. The second kappa shape index (κ2) is 6.00. The lowest BCUT2D eigenvalue weighted by Gasteiger charge is -2.37. The van der Waals surface area contributed by atoms with Crippen molar-refractivity contribution in [2.75, 3.05) is 7.05 Å². The lowest BCUT2D eigenvalue weighted by atomic mass is 9.74. The molecular weight excluding hydrogens is 244 g/mol. The van der Waals surface area contributed by atoms with Crippen LogP contribution in [0.2, 0.25) is 0 Å². The predicted molar refractivity (Wildman–Crippen MR) is 74.1 cm³/mol. The maximum atomic E-state index is 13.8. The molecule has 0 radical (unpaired) electrons. The van der Waals surface area contributed by atoms with E-state index in [2.05, 4.69) is 12.2 Å². The van der Waals surface area contributed by atoms with Crippen molar-refractivity contribution in [1.82, 2.24) is 5.32 Å². The standard InChI is InChI=1S/C16H23F2N/c1-3-16(9-4-5-10-16)15(19-2)11-12-13(17)7-6-8-14(12)18/h6-8,15,19H,3-5,9-11H2,1-2H3. The molecule has 0 spiro atoms. The van der Waals surface area contributed by atoms with Crippen LogP contribution in [0.4, 0.5) is 8.78 Å². The van der Waals surface area contributed by atoms with Crippen molar-refractivity contribution < 1.29 is 8.78 Å². The maximum absolute atomic E-state index is 13.8. The Labute approximate surface area is 114 Å². The topological polar surface area (TPSA) is 12.0 Å². The lowest BCUT2D eigenvalue weighted by molar-refractivity contribution is 0.190. The fraction of sp³-hybridized carbons (Fsp3) is 0.625. The Hall–Kier alpha value is -0.960. The molecule has 106 valence electrons. The monoisotopic (exact) mass is 267 g/mol. The van der Waals surface area contributed by atoms with Crippen LogP contribution in [0, 0.1) is 17.0 Å². The summed E-state index contributed by atoms with van der Waals surface area (Å²) in [4.78, 5) is 0. The first kappa shape index (κ1) is 14.4. The van der Waals surface area contributed by atoms with Gasteiger partial charge in [-0.3, -0.25) is 0 Å². The molecule has 0 aromatic heterocycles. The Morgan fingerprint density at radius 1 is 1.21 bits per heavy atom. The number of halogens is 2. The van der Waals surface area contributed by atoms with Gasteiger partial charge in [-0.05, 0) is 50.3 Å². The summed E-state index contributed by atoms with van der Waals surface area (Å²) in [6, 6.07) is 4.26. The van der Waals surface area contributed by atoms with Gasteiger partial charge in [0.2, 0.25) is 0 Å². The van der Waals surface area contributed by atoms with Gasteiger partial charge in [0.25, 0.3) is 0 Å². The van der Waals surface area contributed by atoms with Crippen LogP contribution < -0.4 is 5.32 Å². The van der Waals surface area contributed by atoms with Gasteiger partial charge in [0.05, 0.1) is 0 Å². The van der Waals surface area contributed by atoms with Crippen molar-refractivity contribution in [3.8, 4) is 0 Å². The fourth-order valence-corrected chi connectivity index (χ4v) is 3.58. The molecule has 1 aliphatic rings. The molecule has 0 amide bonds. The molecule has 3 heteroatoms. The maximum Gasteiger partial charge on any atom is 0.129 e. The Kier molecular flexibility index (Phi) is 4.56. The molecule has 1 nitrogen and oxygen atoms in total. The largest absolute Gasteiger partial charge is 0.316 e. The van der Waals surface area contributed by atoms with Crippen LogP contribution in [0.5, 0.6) is 0 Å². The van der Waals surface area contributed by atoms with E-state index in [1.807, 2.05) is 7.05 Å². The number of rotatable bonds is 5. The van der Waals surface area contributed by atoms with Gasteiger partial charge >= 0.3 is 0 Å². The van der Waals surface area contributed by atoms with Crippen molar-refractivity contribution in [2.24, 2.45) is 5.41 Å². The Bertz CT molecular complexity index is 405. The Morgan fingerprint density at radius 2 is 1.79 bits per heavy atom. The third kappa shape index (κ3) is 2.81. The molecule has 1 aliphatic carbocycles. The number of nitrogens with one attached hydrogen (secondary N) is 1. The van der Waals surface area contributed by atoms with Crippen LogP contribution in [0.3, 0.4) is 0 Å². The van der Waals surface area contributed by atoms with Crippen LogP contribution in [0.15, 0.2) is 18.2 Å². The number of hydrogen-bond donors (Lipinski definition) is 1. The Morgan fingerprint density at radius 3 is 2.26 bits per heavy atom. The molecule has 2 rings (SSSR count). The average molecular weight is 267 g/mol. The molecule has 1 atom stereocenters. The summed E-state index contributed by atoms with van der Waals surface area (Å²) >= 11 is 0. The first-order valence-electron chi connectivity index (χ1n) is 7.23. The van der Waals surface area contributed by atoms with E-state index >= 15 is 0 Å². The molecule has 1 saturated carbocycles. The second-order valence-electron chi connectivity index (χ2n) is 5.67. The van der Waals surface area contributed by atoms with Gasteiger partial charge in [-0.1, -0.05) is 25.8 Å². The van der Waals surface area contributed by atoms with Crippen molar-refractivity contribution in [1.29, 1.82) is 0 Å². The van der Waals surface area contributed by atoms with Crippen LogP contribution in [-0.2, 0) is 6.42 Å². The zero-order valence-corrected chi connectivity index (χ0v) is 11.8. The van der Waals surface area contributed by atoms with E-state index in [9.17, 15) is 8.78 Å². The smallest absolute Gasteiger partial charge is 0.129 e. The summed E-state index contributed by atoms with van der Waals surface area (Å²) in [5.41, 5.74) is 0.422. The van der Waals surface area contributed by atoms with Gasteiger partial charge in [-0.2, -0.15) is 0 Å². The van der Waals surface area contributed by atoms with E-state index < -0.39 is 11.6 Å². The van der Waals surface area contributed by atoms with E-state index in [0.29, 0.717) is 6.42 Å². The minimum atomic E-state index is -0.426. The average Bonchev–Trinajstić information content (AvgIpc) is 2.88. The van der Waals surface area contributed by atoms with Crippen molar-refractivity contribution >= 4 is 0 Å². The highest BCUT2D eigenvalue weighted by Crippen LogP contribution is 2.44. The van der Waals surface area contributed by atoms with E-state index in [1.54, 1.807) is 0 Å². The lowest BCUT2D eigenvalue weighted by Crippen LogP contribution is -2.43. The predicted octanol–water partition coefficient (Wildman–Crippen LogP) is 4.07. The summed E-state index contributed by atoms with van der Waals surface area (Å²) in [6.07, 6.45) is 6.27. The first-order chi connectivity index (χ1) is 9.13. The molecule has 0 saturated heterocycles. The van der Waals surface area contributed by atoms with Crippen LogP contribution >= 0.6 is 0 Å². The van der Waals surface area contributed by atoms with Crippen molar-refractivity contribution in [3.05, 3.63) is 35.4 Å².